The summed E-state index contributed by atoms with van der Waals surface area (Å²) >= 11 is 1.79. The van der Waals surface area contributed by atoms with Crippen molar-refractivity contribution >= 4 is 34.4 Å². The second kappa shape index (κ2) is 5.68. The Hall–Kier alpha value is -2.16. The molecule has 0 aliphatic heterocycles. The molecular weight excluding hydrogens is 390 g/mol. The van der Waals surface area contributed by atoms with Gasteiger partial charge in [0, 0.05) is 31.9 Å². The highest BCUT2D eigenvalue weighted by molar-refractivity contribution is 14.1. The number of amides is 2. The van der Waals surface area contributed by atoms with Gasteiger partial charge in [-0.2, -0.15) is 0 Å². The molecule has 0 aromatic heterocycles. The number of hydrogen-bond donors (Lipinski definition) is 3. The maximum absolute atomic E-state index is 14.2. The average Bonchev–Trinajstić information content (AvgIpc) is 2.37. The first-order valence-corrected chi connectivity index (χ1v) is 6.81. The van der Waals surface area contributed by atoms with Crippen molar-refractivity contribution in [3.05, 3.63) is 50.8 Å². The van der Waals surface area contributed by atoms with Gasteiger partial charge in [0.15, 0.2) is 0 Å². The Morgan fingerprint density at radius 3 is 2.00 bits per heavy atom. The van der Waals surface area contributed by atoms with Gasteiger partial charge in [-0.25, -0.2) is 4.39 Å². The van der Waals surface area contributed by atoms with Gasteiger partial charge >= 0.3 is 0 Å². The van der Waals surface area contributed by atoms with Crippen molar-refractivity contribution in [3.63, 3.8) is 0 Å². The third-order valence-electron chi connectivity index (χ3n) is 2.87. The van der Waals surface area contributed by atoms with Crippen LogP contribution in [0.3, 0.4) is 0 Å². The number of phenolic OH excluding ortho intramolecular Hbond substituents is 1. The van der Waals surface area contributed by atoms with Crippen molar-refractivity contribution < 1.29 is 19.1 Å². The van der Waals surface area contributed by atoms with Crippen LogP contribution in [-0.4, -0.2) is 16.9 Å². The molecule has 0 bridgehead atoms. The van der Waals surface area contributed by atoms with Crippen LogP contribution in [0, 0.1) is 9.39 Å². The van der Waals surface area contributed by atoms with Crippen LogP contribution in [0.1, 0.15) is 20.7 Å². The van der Waals surface area contributed by atoms with Gasteiger partial charge in [0.2, 0.25) is 11.8 Å². The Morgan fingerprint density at radius 1 is 1.05 bits per heavy atom. The summed E-state index contributed by atoms with van der Waals surface area (Å²) in [6, 6.07) is 6.40. The maximum Gasteiger partial charge on any atom is 0.249 e. The van der Waals surface area contributed by atoms with E-state index in [1.165, 1.54) is 24.3 Å². The summed E-state index contributed by atoms with van der Waals surface area (Å²) in [6.07, 6.45) is 0. The summed E-state index contributed by atoms with van der Waals surface area (Å²) in [5.74, 6) is -2.67. The number of benzene rings is 2. The largest absolute Gasteiger partial charge is 0.508 e. The van der Waals surface area contributed by atoms with Crippen LogP contribution in [0.5, 0.6) is 5.75 Å². The molecule has 0 radical (unpaired) electrons. The molecule has 5 N–H and O–H groups in total. The van der Waals surface area contributed by atoms with Crippen molar-refractivity contribution in [1.82, 2.24) is 0 Å². The highest BCUT2D eigenvalue weighted by Gasteiger charge is 2.22. The summed E-state index contributed by atoms with van der Waals surface area (Å²) in [5.41, 5.74) is 10.6. The normalized spacial score (nSPS) is 10.4. The first kappa shape index (κ1) is 15.2. The molecule has 5 nitrogen and oxygen atoms in total. The second-order valence-electron chi connectivity index (χ2n) is 4.24. The minimum absolute atomic E-state index is 0.00315. The molecule has 2 aromatic carbocycles. The Bertz CT molecular complexity index is 707. The van der Waals surface area contributed by atoms with Gasteiger partial charge in [0.05, 0.1) is 0 Å². The number of primary amides is 2. The highest BCUT2D eigenvalue weighted by atomic mass is 127. The van der Waals surface area contributed by atoms with E-state index < -0.39 is 17.6 Å². The molecule has 0 unspecified atom stereocenters. The fourth-order valence-electron chi connectivity index (χ4n) is 2.03. The van der Waals surface area contributed by atoms with Crippen molar-refractivity contribution in [2.75, 3.05) is 0 Å². The van der Waals surface area contributed by atoms with E-state index in [-0.39, 0.29) is 28.0 Å². The fourth-order valence-corrected chi connectivity index (χ4v) is 2.88. The van der Waals surface area contributed by atoms with Crippen LogP contribution in [-0.2, 0) is 0 Å². The number of aromatic hydroxyl groups is 1. The van der Waals surface area contributed by atoms with Crippen molar-refractivity contribution in [2.24, 2.45) is 11.5 Å². The molecule has 0 fully saturated rings. The lowest BCUT2D eigenvalue weighted by molar-refractivity contribution is 0.0999. The molecule has 2 rings (SSSR count). The molecule has 0 saturated heterocycles. The van der Waals surface area contributed by atoms with Gasteiger partial charge in [-0.3, -0.25) is 9.59 Å². The Labute approximate surface area is 132 Å². The van der Waals surface area contributed by atoms with E-state index in [1.54, 1.807) is 22.6 Å². The third-order valence-corrected chi connectivity index (χ3v) is 3.72. The quantitative estimate of drug-likeness (QED) is 0.687. The van der Waals surface area contributed by atoms with E-state index in [9.17, 15) is 19.1 Å². The van der Waals surface area contributed by atoms with Crippen LogP contribution >= 0.6 is 22.6 Å². The number of rotatable bonds is 3. The zero-order valence-electron chi connectivity index (χ0n) is 10.6. The van der Waals surface area contributed by atoms with Crippen molar-refractivity contribution in [1.29, 1.82) is 0 Å². The zero-order chi connectivity index (χ0) is 15.7. The van der Waals surface area contributed by atoms with Crippen LogP contribution < -0.4 is 11.5 Å². The maximum atomic E-state index is 14.2. The van der Waals surface area contributed by atoms with Gasteiger partial charge in [0.1, 0.15) is 11.6 Å². The van der Waals surface area contributed by atoms with Crippen LogP contribution in [0.4, 0.5) is 4.39 Å². The topological polar surface area (TPSA) is 106 Å². The van der Waals surface area contributed by atoms with Crippen LogP contribution in [0.2, 0.25) is 0 Å². The van der Waals surface area contributed by atoms with Gasteiger partial charge < -0.3 is 16.6 Å². The minimum atomic E-state index is -0.809. The van der Waals surface area contributed by atoms with Gasteiger partial charge in [-0.05, 0) is 40.8 Å². The summed E-state index contributed by atoms with van der Waals surface area (Å²) in [4.78, 5) is 23.1. The summed E-state index contributed by atoms with van der Waals surface area (Å²) in [6.45, 7) is 0. The Morgan fingerprint density at radius 2 is 1.57 bits per heavy atom. The zero-order valence-corrected chi connectivity index (χ0v) is 12.7. The van der Waals surface area contributed by atoms with E-state index in [1.807, 2.05) is 0 Å². The number of carbonyl (C=O) groups is 2. The number of hydrogen-bond acceptors (Lipinski definition) is 3. The van der Waals surface area contributed by atoms with E-state index in [2.05, 4.69) is 0 Å². The van der Waals surface area contributed by atoms with E-state index in [0.717, 1.165) is 6.07 Å². The minimum Gasteiger partial charge on any atom is -0.508 e. The molecule has 2 amide bonds. The lowest BCUT2D eigenvalue weighted by Crippen LogP contribution is -2.18. The van der Waals surface area contributed by atoms with Gasteiger partial charge in [-0.15, -0.1) is 0 Å². The monoisotopic (exact) mass is 400 g/mol. The van der Waals surface area contributed by atoms with Crippen molar-refractivity contribution in [2.45, 2.75) is 0 Å². The van der Waals surface area contributed by atoms with Crippen molar-refractivity contribution in [3.8, 4) is 16.9 Å². The second-order valence-corrected chi connectivity index (χ2v) is 5.40. The molecule has 0 atom stereocenters. The molecule has 0 aliphatic carbocycles. The van der Waals surface area contributed by atoms with E-state index in [4.69, 9.17) is 11.5 Å². The molecule has 108 valence electrons. The van der Waals surface area contributed by atoms with Gasteiger partial charge in [-0.1, -0.05) is 6.07 Å². The Balaban J connectivity index is 2.91. The lowest BCUT2D eigenvalue weighted by atomic mass is 9.93. The first-order chi connectivity index (χ1) is 9.82. The van der Waals surface area contributed by atoms with Crippen LogP contribution in [0.25, 0.3) is 11.1 Å². The molecule has 0 saturated carbocycles. The molecule has 7 heteroatoms. The Kier molecular flexibility index (Phi) is 4.12. The van der Waals surface area contributed by atoms with E-state index >= 15 is 0 Å². The average molecular weight is 400 g/mol. The molecule has 0 heterocycles. The molecule has 21 heavy (non-hydrogen) atoms. The molecule has 0 aliphatic rings. The smallest absolute Gasteiger partial charge is 0.249 e. The summed E-state index contributed by atoms with van der Waals surface area (Å²) < 4.78 is 14.5. The SMILES string of the molecule is NC(=O)c1cccc(C(N)=O)c1-c1c(F)cc(O)cc1I. The van der Waals surface area contributed by atoms with Crippen LogP contribution in [0.15, 0.2) is 30.3 Å². The highest BCUT2D eigenvalue weighted by Crippen LogP contribution is 2.35. The predicted molar refractivity (Wildman–Crippen MR) is 83.3 cm³/mol. The first-order valence-electron chi connectivity index (χ1n) is 5.74. The molecule has 2 aromatic rings. The summed E-state index contributed by atoms with van der Waals surface area (Å²) in [7, 11) is 0. The fraction of sp³-hybridized carbons (Fsp3) is 0. The number of nitrogens with two attached hydrogens (primary N) is 2. The van der Waals surface area contributed by atoms with Gasteiger partial charge in [0.25, 0.3) is 0 Å². The molecular formula is C14H10FIN2O3. The lowest BCUT2D eigenvalue weighted by Gasteiger charge is -2.14. The molecule has 0 spiro atoms. The number of phenols is 1. The number of halogens is 2. The van der Waals surface area contributed by atoms with E-state index in [0.29, 0.717) is 3.57 Å². The predicted octanol–water partition coefficient (Wildman–Crippen LogP) is 2.00. The standard InChI is InChI=1S/C14H10FIN2O3/c15-9-4-6(19)5-10(16)12(9)11-7(13(17)20)2-1-3-8(11)14(18)21/h1-5,19H,(H2,17,20)(H2,18,21). The summed E-state index contributed by atoms with van der Waals surface area (Å²) in [5, 5.41) is 9.39. The third kappa shape index (κ3) is 2.82. The number of carbonyl (C=O) groups excluding carboxylic acids is 2.